The molecule has 0 aliphatic carbocycles. The van der Waals surface area contributed by atoms with E-state index in [2.05, 4.69) is 16.0 Å². The van der Waals surface area contributed by atoms with Crippen molar-refractivity contribution >= 4 is 35.0 Å². The smallest absolute Gasteiger partial charge is 0.243 e. The normalized spacial score (nSPS) is 11.4. The molecule has 1 atom stereocenters. The summed E-state index contributed by atoms with van der Waals surface area (Å²) in [5, 5.41) is 7.94. The highest BCUT2D eigenvalue weighted by Gasteiger charge is 2.18. The first-order valence-electron chi connectivity index (χ1n) is 8.28. The monoisotopic (exact) mass is 409 g/mol. The van der Waals surface area contributed by atoms with Gasteiger partial charge in [0.1, 0.15) is 0 Å². The van der Waals surface area contributed by atoms with Crippen LogP contribution in [0.1, 0.15) is 24.9 Å². The molecular weight excluding hydrogens is 392 g/mol. The van der Waals surface area contributed by atoms with Crippen LogP contribution in [0.4, 0.5) is 14.5 Å². The Balaban J connectivity index is 1.90. The summed E-state index contributed by atoms with van der Waals surface area (Å²) in [5.41, 5.74) is 0.747. The minimum Gasteiger partial charge on any atom is -0.349 e. The minimum absolute atomic E-state index is 0.0652. The second kappa shape index (κ2) is 9.80. The standard InChI is InChI=1S/C19H18ClF2N3O3/c1-11(26)24-17(12-2-4-13(20)5-3-12)9-18(27)23-10-19(28)25-14-6-7-15(21)16(22)8-14/h2-8,17H,9-10H2,1H3,(H,23,27)(H,24,26)(H,25,28). The van der Waals surface area contributed by atoms with Gasteiger partial charge in [-0.3, -0.25) is 14.4 Å². The number of carbonyl (C=O) groups is 3. The molecule has 2 rings (SSSR count). The molecule has 3 amide bonds. The highest BCUT2D eigenvalue weighted by Crippen LogP contribution is 2.19. The van der Waals surface area contributed by atoms with Crippen molar-refractivity contribution in [2.75, 3.05) is 11.9 Å². The predicted molar refractivity (Wildman–Crippen MR) is 101 cm³/mol. The van der Waals surface area contributed by atoms with E-state index in [0.717, 1.165) is 12.1 Å². The van der Waals surface area contributed by atoms with Crippen LogP contribution in [0.15, 0.2) is 42.5 Å². The van der Waals surface area contributed by atoms with E-state index in [1.807, 2.05) is 0 Å². The predicted octanol–water partition coefficient (Wildman–Crippen LogP) is 2.94. The van der Waals surface area contributed by atoms with Crippen LogP contribution in [0.3, 0.4) is 0 Å². The molecule has 0 spiro atoms. The maximum atomic E-state index is 13.1. The molecule has 0 saturated heterocycles. The summed E-state index contributed by atoms with van der Waals surface area (Å²) in [6, 6.07) is 8.97. The summed E-state index contributed by atoms with van der Waals surface area (Å²) in [7, 11) is 0. The number of rotatable bonds is 7. The third-order valence-corrected chi connectivity index (χ3v) is 3.94. The Bertz CT molecular complexity index is 875. The van der Waals surface area contributed by atoms with E-state index >= 15 is 0 Å². The van der Waals surface area contributed by atoms with E-state index in [1.165, 1.54) is 13.0 Å². The third-order valence-electron chi connectivity index (χ3n) is 3.69. The van der Waals surface area contributed by atoms with Gasteiger partial charge in [0.25, 0.3) is 0 Å². The molecular formula is C19H18ClF2N3O3. The number of amides is 3. The van der Waals surface area contributed by atoms with Crippen LogP contribution < -0.4 is 16.0 Å². The Kier molecular flexibility index (Phi) is 7.45. The Morgan fingerprint density at radius 1 is 1.00 bits per heavy atom. The fraction of sp³-hybridized carbons (Fsp3) is 0.211. The molecule has 28 heavy (non-hydrogen) atoms. The lowest BCUT2D eigenvalue weighted by molar-refractivity contribution is -0.125. The SMILES string of the molecule is CC(=O)NC(CC(=O)NCC(=O)Nc1ccc(F)c(F)c1)c1ccc(Cl)cc1. The molecule has 0 radical (unpaired) electrons. The van der Waals surface area contributed by atoms with Crippen molar-refractivity contribution in [2.45, 2.75) is 19.4 Å². The number of hydrogen-bond acceptors (Lipinski definition) is 3. The van der Waals surface area contributed by atoms with Crippen molar-refractivity contribution in [3.8, 4) is 0 Å². The molecule has 0 aromatic heterocycles. The van der Waals surface area contributed by atoms with Gasteiger partial charge in [-0.15, -0.1) is 0 Å². The molecule has 1 unspecified atom stereocenters. The van der Waals surface area contributed by atoms with Crippen LogP contribution in [-0.2, 0) is 14.4 Å². The summed E-state index contributed by atoms with van der Waals surface area (Å²) in [5.74, 6) is -3.53. The van der Waals surface area contributed by atoms with E-state index in [-0.39, 0.29) is 24.6 Å². The van der Waals surface area contributed by atoms with E-state index < -0.39 is 29.5 Å². The molecule has 3 N–H and O–H groups in total. The minimum atomic E-state index is -1.09. The van der Waals surface area contributed by atoms with Gasteiger partial charge in [-0.25, -0.2) is 8.78 Å². The van der Waals surface area contributed by atoms with Crippen LogP contribution in [0.25, 0.3) is 0 Å². The van der Waals surface area contributed by atoms with Gasteiger partial charge in [-0.05, 0) is 29.8 Å². The van der Waals surface area contributed by atoms with Crippen molar-refractivity contribution in [3.05, 3.63) is 64.7 Å². The second-order valence-electron chi connectivity index (χ2n) is 5.96. The van der Waals surface area contributed by atoms with Gasteiger partial charge < -0.3 is 16.0 Å². The summed E-state index contributed by atoms with van der Waals surface area (Å²) in [6.07, 6.45) is -0.0976. The van der Waals surface area contributed by atoms with E-state index in [4.69, 9.17) is 11.6 Å². The fourth-order valence-electron chi connectivity index (χ4n) is 2.41. The second-order valence-corrected chi connectivity index (χ2v) is 6.40. The lowest BCUT2D eigenvalue weighted by Gasteiger charge is -2.18. The molecule has 148 valence electrons. The molecule has 0 heterocycles. The van der Waals surface area contributed by atoms with Gasteiger partial charge in [0.05, 0.1) is 19.0 Å². The molecule has 0 bridgehead atoms. The van der Waals surface area contributed by atoms with Crippen LogP contribution in [0.2, 0.25) is 5.02 Å². The highest BCUT2D eigenvalue weighted by molar-refractivity contribution is 6.30. The number of benzene rings is 2. The van der Waals surface area contributed by atoms with Crippen molar-refractivity contribution in [2.24, 2.45) is 0 Å². The maximum absolute atomic E-state index is 13.1. The third kappa shape index (κ3) is 6.62. The number of hydrogen-bond donors (Lipinski definition) is 3. The Labute approximate surface area is 165 Å². The first kappa shape index (κ1) is 21.3. The van der Waals surface area contributed by atoms with Crippen molar-refractivity contribution in [1.82, 2.24) is 10.6 Å². The number of carbonyl (C=O) groups excluding carboxylic acids is 3. The lowest BCUT2D eigenvalue weighted by atomic mass is 10.0. The molecule has 0 saturated carbocycles. The van der Waals surface area contributed by atoms with E-state index in [1.54, 1.807) is 24.3 Å². The molecule has 0 aliphatic heterocycles. The van der Waals surface area contributed by atoms with Gasteiger partial charge in [0.2, 0.25) is 17.7 Å². The Morgan fingerprint density at radius 2 is 1.68 bits per heavy atom. The average molecular weight is 410 g/mol. The molecule has 2 aromatic rings. The highest BCUT2D eigenvalue weighted by atomic mass is 35.5. The van der Waals surface area contributed by atoms with Crippen LogP contribution >= 0.6 is 11.6 Å². The zero-order chi connectivity index (χ0) is 20.7. The molecule has 6 nitrogen and oxygen atoms in total. The van der Waals surface area contributed by atoms with Gasteiger partial charge in [-0.2, -0.15) is 0 Å². The molecule has 2 aromatic carbocycles. The van der Waals surface area contributed by atoms with Gasteiger partial charge in [0.15, 0.2) is 11.6 Å². The molecule has 0 fully saturated rings. The summed E-state index contributed by atoms with van der Waals surface area (Å²) < 4.78 is 26.0. The maximum Gasteiger partial charge on any atom is 0.243 e. The van der Waals surface area contributed by atoms with Crippen LogP contribution in [-0.4, -0.2) is 24.3 Å². The van der Waals surface area contributed by atoms with Crippen molar-refractivity contribution < 1.29 is 23.2 Å². The van der Waals surface area contributed by atoms with Gasteiger partial charge >= 0.3 is 0 Å². The van der Waals surface area contributed by atoms with Gasteiger partial charge in [-0.1, -0.05) is 23.7 Å². The van der Waals surface area contributed by atoms with E-state index in [9.17, 15) is 23.2 Å². The Hall–Kier alpha value is -3.00. The first-order chi connectivity index (χ1) is 13.2. The summed E-state index contributed by atoms with van der Waals surface area (Å²) >= 11 is 5.84. The van der Waals surface area contributed by atoms with Crippen molar-refractivity contribution in [3.63, 3.8) is 0 Å². The summed E-state index contributed by atoms with van der Waals surface area (Å²) in [4.78, 5) is 35.4. The lowest BCUT2D eigenvalue weighted by Crippen LogP contribution is -2.36. The summed E-state index contributed by atoms with van der Waals surface area (Å²) in [6.45, 7) is 0.960. The average Bonchev–Trinajstić information content (AvgIpc) is 2.63. The van der Waals surface area contributed by atoms with Crippen LogP contribution in [0, 0.1) is 11.6 Å². The number of halogens is 3. The topological polar surface area (TPSA) is 87.3 Å². The number of anilines is 1. The Morgan fingerprint density at radius 3 is 2.29 bits per heavy atom. The van der Waals surface area contributed by atoms with Gasteiger partial charge in [0, 0.05) is 23.7 Å². The largest absolute Gasteiger partial charge is 0.349 e. The number of nitrogens with one attached hydrogen (secondary N) is 3. The quantitative estimate of drug-likeness (QED) is 0.657. The zero-order valence-electron chi connectivity index (χ0n) is 14.9. The molecule has 9 heteroatoms. The van der Waals surface area contributed by atoms with E-state index in [0.29, 0.717) is 10.6 Å². The van der Waals surface area contributed by atoms with Crippen molar-refractivity contribution in [1.29, 1.82) is 0 Å². The molecule has 0 aliphatic rings. The first-order valence-corrected chi connectivity index (χ1v) is 8.66. The fourth-order valence-corrected chi connectivity index (χ4v) is 2.53. The van der Waals surface area contributed by atoms with Crippen LogP contribution in [0.5, 0.6) is 0 Å². The zero-order valence-corrected chi connectivity index (χ0v) is 15.6.